The number of fused-ring (bicyclic) bond motifs is 1. The maximum atomic E-state index is 10.2. The van der Waals surface area contributed by atoms with Gasteiger partial charge in [0.05, 0.1) is 14.2 Å². The summed E-state index contributed by atoms with van der Waals surface area (Å²) in [5, 5.41) is 10.2. The third kappa shape index (κ3) is 2.08. The number of benzene rings is 1. The van der Waals surface area contributed by atoms with Crippen LogP contribution >= 0.6 is 0 Å². The molecule has 0 aliphatic carbocycles. The van der Waals surface area contributed by atoms with Gasteiger partial charge in [-0.25, -0.2) is 0 Å². The Morgan fingerprint density at radius 3 is 2.32 bits per heavy atom. The quantitative estimate of drug-likeness (QED) is 0.912. The van der Waals surface area contributed by atoms with Gasteiger partial charge < -0.3 is 24.1 Å². The van der Waals surface area contributed by atoms with Crippen LogP contribution < -0.4 is 14.2 Å². The maximum absolute atomic E-state index is 10.2. The highest BCUT2D eigenvalue weighted by Crippen LogP contribution is 2.52. The van der Waals surface area contributed by atoms with Crippen molar-refractivity contribution in [1.29, 1.82) is 0 Å². The standard InChI is InChI=1S/C14H20O5/c1-8-9-6-7-14(2,18-5)19-11(9)13(17-4)12(16-3)10(8)15/h15H,6-7H2,1-5H3. The second-order valence-electron chi connectivity index (χ2n) is 4.79. The first kappa shape index (κ1) is 13.8. The summed E-state index contributed by atoms with van der Waals surface area (Å²) in [6.07, 6.45) is 1.46. The molecule has 1 N–H and O–H groups in total. The van der Waals surface area contributed by atoms with E-state index in [1.54, 1.807) is 7.11 Å². The lowest BCUT2D eigenvalue weighted by atomic mass is 9.95. The Balaban J connectivity index is 2.64. The van der Waals surface area contributed by atoms with Crippen molar-refractivity contribution in [3.8, 4) is 23.0 Å². The van der Waals surface area contributed by atoms with Crippen molar-refractivity contribution < 1.29 is 24.1 Å². The van der Waals surface area contributed by atoms with E-state index in [0.29, 0.717) is 23.7 Å². The Labute approximate surface area is 113 Å². The SMILES string of the molecule is COc1c(O)c(C)c2c(c1OC)OC(C)(OC)CC2. The topological polar surface area (TPSA) is 57.2 Å². The number of hydrogen-bond donors (Lipinski definition) is 1. The van der Waals surface area contributed by atoms with Gasteiger partial charge in [0.15, 0.2) is 11.5 Å². The molecule has 1 aliphatic heterocycles. The molecule has 19 heavy (non-hydrogen) atoms. The molecule has 106 valence electrons. The van der Waals surface area contributed by atoms with Gasteiger partial charge in [0.2, 0.25) is 17.3 Å². The fourth-order valence-electron chi connectivity index (χ4n) is 2.38. The van der Waals surface area contributed by atoms with Crippen molar-refractivity contribution in [2.45, 2.75) is 32.5 Å². The summed E-state index contributed by atoms with van der Waals surface area (Å²) in [5.74, 6) is 0.699. The van der Waals surface area contributed by atoms with E-state index in [1.807, 2.05) is 13.8 Å². The van der Waals surface area contributed by atoms with E-state index < -0.39 is 5.79 Å². The number of phenols is 1. The zero-order chi connectivity index (χ0) is 14.2. The Bertz CT molecular complexity index is 497. The molecule has 1 atom stereocenters. The summed E-state index contributed by atoms with van der Waals surface area (Å²) in [6.45, 7) is 3.72. The normalized spacial score (nSPS) is 21.5. The van der Waals surface area contributed by atoms with Gasteiger partial charge in [-0.2, -0.15) is 0 Å². The van der Waals surface area contributed by atoms with Gasteiger partial charge in [0.1, 0.15) is 0 Å². The van der Waals surface area contributed by atoms with Crippen LogP contribution in [0.1, 0.15) is 24.5 Å². The Hall–Kier alpha value is -1.62. The van der Waals surface area contributed by atoms with Crippen molar-refractivity contribution in [3.63, 3.8) is 0 Å². The summed E-state index contributed by atoms with van der Waals surface area (Å²) in [7, 11) is 4.62. The van der Waals surface area contributed by atoms with Crippen LogP contribution in [0.3, 0.4) is 0 Å². The first-order chi connectivity index (χ1) is 8.97. The average Bonchev–Trinajstić information content (AvgIpc) is 2.42. The molecular weight excluding hydrogens is 248 g/mol. The molecule has 0 bridgehead atoms. The molecule has 1 heterocycles. The predicted molar refractivity (Wildman–Crippen MR) is 70.3 cm³/mol. The minimum Gasteiger partial charge on any atom is -0.504 e. The van der Waals surface area contributed by atoms with Crippen LogP contribution in [0.25, 0.3) is 0 Å². The van der Waals surface area contributed by atoms with Gasteiger partial charge in [-0.05, 0) is 13.3 Å². The number of rotatable bonds is 3. The van der Waals surface area contributed by atoms with Crippen LogP contribution in [0.5, 0.6) is 23.0 Å². The smallest absolute Gasteiger partial charge is 0.207 e. The second-order valence-corrected chi connectivity index (χ2v) is 4.79. The Morgan fingerprint density at radius 1 is 1.16 bits per heavy atom. The lowest BCUT2D eigenvalue weighted by Crippen LogP contribution is -2.38. The van der Waals surface area contributed by atoms with Crippen LogP contribution in [-0.2, 0) is 11.2 Å². The predicted octanol–water partition coefficient (Wildman–Crippen LogP) is 2.41. The summed E-state index contributed by atoms with van der Waals surface area (Å²) in [5.41, 5.74) is 1.69. The van der Waals surface area contributed by atoms with E-state index >= 15 is 0 Å². The number of hydrogen-bond acceptors (Lipinski definition) is 5. The monoisotopic (exact) mass is 268 g/mol. The molecule has 0 spiro atoms. The molecule has 1 aliphatic rings. The van der Waals surface area contributed by atoms with E-state index in [1.165, 1.54) is 14.2 Å². The third-order valence-corrected chi connectivity index (χ3v) is 3.70. The first-order valence-electron chi connectivity index (χ1n) is 6.18. The summed E-state index contributed by atoms with van der Waals surface area (Å²) < 4.78 is 21.9. The summed E-state index contributed by atoms with van der Waals surface area (Å²) in [6, 6.07) is 0. The van der Waals surface area contributed by atoms with Crippen LogP contribution in [0.2, 0.25) is 0 Å². The van der Waals surface area contributed by atoms with Crippen molar-refractivity contribution in [1.82, 2.24) is 0 Å². The zero-order valence-electron chi connectivity index (χ0n) is 12.0. The fourth-order valence-corrected chi connectivity index (χ4v) is 2.38. The van der Waals surface area contributed by atoms with Gasteiger partial charge in [0, 0.05) is 31.6 Å². The van der Waals surface area contributed by atoms with Gasteiger partial charge in [-0.1, -0.05) is 0 Å². The van der Waals surface area contributed by atoms with Crippen LogP contribution in [0.4, 0.5) is 0 Å². The van der Waals surface area contributed by atoms with Crippen LogP contribution in [-0.4, -0.2) is 32.2 Å². The Morgan fingerprint density at radius 2 is 1.79 bits per heavy atom. The Kier molecular flexibility index (Phi) is 3.49. The van der Waals surface area contributed by atoms with E-state index in [2.05, 4.69) is 0 Å². The molecular formula is C14H20O5. The molecule has 0 radical (unpaired) electrons. The summed E-state index contributed by atoms with van der Waals surface area (Å²) in [4.78, 5) is 0. The molecule has 5 heteroatoms. The highest BCUT2D eigenvalue weighted by molar-refractivity contribution is 5.66. The van der Waals surface area contributed by atoms with E-state index in [4.69, 9.17) is 18.9 Å². The molecule has 0 aromatic heterocycles. The third-order valence-electron chi connectivity index (χ3n) is 3.70. The van der Waals surface area contributed by atoms with Crippen LogP contribution in [0.15, 0.2) is 0 Å². The van der Waals surface area contributed by atoms with E-state index in [-0.39, 0.29) is 5.75 Å². The first-order valence-corrected chi connectivity index (χ1v) is 6.18. The van der Waals surface area contributed by atoms with Crippen LogP contribution in [0, 0.1) is 6.92 Å². The number of methoxy groups -OCH3 is 3. The van der Waals surface area contributed by atoms with Crippen molar-refractivity contribution in [2.75, 3.05) is 21.3 Å². The van der Waals surface area contributed by atoms with Crippen molar-refractivity contribution >= 4 is 0 Å². The highest BCUT2D eigenvalue weighted by Gasteiger charge is 2.36. The van der Waals surface area contributed by atoms with Gasteiger partial charge in [-0.15, -0.1) is 0 Å². The molecule has 0 saturated heterocycles. The van der Waals surface area contributed by atoms with Gasteiger partial charge in [-0.3, -0.25) is 0 Å². The minimum atomic E-state index is -0.686. The molecule has 0 fully saturated rings. The second kappa shape index (κ2) is 4.81. The largest absolute Gasteiger partial charge is 0.504 e. The van der Waals surface area contributed by atoms with Crippen molar-refractivity contribution in [2.24, 2.45) is 0 Å². The number of ether oxygens (including phenoxy) is 4. The molecule has 2 rings (SSSR count). The molecule has 1 aromatic rings. The minimum absolute atomic E-state index is 0.0997. The molecule has 0 amide bonds. The zero-order valence-corrected chi connectivity index (χ0v) is 12.0. The average molecular weight is 268 g/mol. The molecule has 1 aromatic carbocycles. The molecule has 1 unspecified atom stereocenters. The maximum Gasteiger partial charge on any atom is 0.207 e. The van der Waals surface area contributed by atoms with Gasteiger partial charge in [0.25, 0.3) is 0 Å². The van der Waals surface area contributed by atoms with Crippen molar-refractivity contribution in [3.05, 3.63) is 11.1 Å². The fraction of sp³-hybridized carbons (Fsp3) is 0.571. The lowest BCUT2D eigenvalue weighted by Gasteiger charge is -2.36. The van der Waals surface area contributed by atoms with E-state index in [0.717, 1.165) is 17.5 Å². The summed E-state index contributed by atoms with van der Waals surface area (Å²) >= 11 is 0. The number of phenolic OH excluding ortho intramolecular Hbond substituents is 1. The molecule has 5 nitrogen and oxygen atoms in total. The molecule has 0 saturated carbocycles. The number of aromatic hydroxyl groups is 1. The highest BCUT2D eigenvalue weighted by atomic mass is 16.7. The lowest BCUT2D eigenvalue weighted by molar-refractivity contribution is -0.161. The van der Waals surface area contributed by atoms with E-state index in [9.17, 15) is 5.11 Å². The van der Waals surface area contributed by atoms with Gasteiger partial charge >= 0.3 is 0 Å².